The van der Waals surface area contributed by atoms with Crippen molar-refractivity contribution in [2.45, 2.75) is 5.51 Å². The minimum Gasteiger partial charge on any atom is -0.858 e. The van der Waals surface area contributed by atoms with Crippen molar-refractivity contribution in [2.24, 2.45) is 4.40 Å². The fraction of sp³-hybridized carbons (Fsp3) is 0.125. The Kier molecular flexibility index (Phi) is 3.79. The van der Waals surface area contributed by atoms with Crippen LogP contribution in [0.15, 0.2) is 16.5 Å². The molecule has 0 atom stereocenters. The first-order valence-electron chi connectivity index (χ1n) is 4.19. The van der Waals surface area contributed by atoms with Gasteiger partial charge in [-0.1, -0.05) is 0 Å². The number of benzene rings is 1. The standard InChI is InChI=1S/C8H3F6NO3S/c9-4-1-3(2-5(10)6(4)11)7(16)15-19(17,18)8(12,13)14/h1-2H,(H,15,16)/p-1. The highest BCUT2D eigenvalue weighted by Crippen LogP contribution is 2.25. The minimum absolute atomic E-state index is 0.0239. The van der Waals surface area contributed by atoms with Crippen LogP contribution >= 0.6 is 0 Å². The maximum Gasteiger partial charge on any atom is 0.518 e. The lowest BCUT2D eigenvalue weighted by molar-refractivity contribution is -0.212. The summed E-state index contributed by atoms with van der Waals surface area (Å²) in [5.74, 6) is -7.78. The first kappa shape index (κ1) is 15.3. The van der Waals surface area contributed by atoms with Gasteiger partial charge in [-0.05, 0) is 17.7 Å². The van der Waals surface area contributed by atoms with Crippen LogP contribution in [0.5, 0.6) is 0 Å². The molecule has 1 aromatic carbocycles. The van der Waals surface area contributed by atoms with Crippen LogP contribution < -0.4 is 5.11 Å². The van der Waals surface area contributed by atoms with E-state index in [-0.39, 0.29) is 12.1 Å². The Morgan fingerprint density at radius 3 is 1.89 bits per heavy atom. The topological polar surface area (TPSA) is 69.6 Å². The molecule has 0 unspecified atom stereocenters. The number of hydrogen-bond donors (Lipinski definition) is 0. The van der Waals surface area contributed by atoms with Crippen molar-refractivity contribution in [3.05, 3.63) is 35.1 Å². The molecule has 19 heavy (non-hydrogen) atoms. The van der Waals surface area contributed by atoms with Crippen molar-refractivity contribution in [3.8, 4) is 0 Å². The van der Waals surface area contributed by atoms with E-state index in [0.717, 1.165) is 0 Å². The van der Waals surface area contributed by atoms with E-state index in [1.807, 2.05) is 4.40 Å². The second kappa shape index (κ2) is 4.72. The van der Waals surface area contributed by atoms with Gasteiger partial charge in [-0.25, -0.2) is 13.2 Å². The average molecular weight is 306 g/mol. The molecule has 0 heterocycles. The summed E-state index contributed by atoms with van der Waals surface area (Å²) in [6.07, 6.45) is 0. The second-order valence-corrected chi connectivity index (χ2v) is 4.67. The number of alkyl halides is 3. The van der Waals surface area contributed by atoms with Crippen LogP contribution in [0.1, 0.15) is 5.56 Å². The quantitative estimate of drug-likeness (QED) is 0.355. The van der Waals surface area contributed by atoms with Gasteiger partial charge in [0.05, 0.1) is 0 Å². The van der Waals surface area contributed by atoms with Crippen molar-refractivity contribution >= 4 is 15.9 Å². The summed E-state index contributed by atoms with van der Waals surface area (Å²) < 4.78 is 96.4. The fourth-order valence-corrected chi connectivity index (χ4v) is 1.32. The lowest BCUT2D eigenvalue weighted by Crippen LogP contribution is -2.27. The van der Waals surface area contributed by atoms with E-state index in [1.54, 1.807) is 0 Å². The Hall–Kier alpha value is -1.78. The Morgan fingerprint density at radius 2 is 1.53 bits per heavy atom. The molecule has 106 valence electrons. The summed E-state index contributed by atoms with van der Waals surface area (Å²) in [6, 6.07) is 0.0479. The molecule has 1 aromatic rings. The van der Waals surface area contributed by atoms with E-state index in [4.69, 9.17) is 0 Å². The number of hydrogen-bond acceptors (Lipinski definition) is 3. The normalized spacial score (nSPS) is 13.7. The summed E-state index contributed by atoms with van der Waals surface area (Å²) in [6.45, 7) is 0. The first-order valence-corrected chi connectivity index (χ1v) is 5.63. The maximum atomic E-state index is 12.7. The van der Waals surface area contributed by atoms with Gasteiger partial charge in [0.2, 0.25) is 0 Å². The lowest BCUT2D eigenvalue weighted by Gasteiger charge is -2.12. The zero-order valence-electron chi connectivity index (χ0n) is 8.50. The largest absolute Gasteiger partial charge is 0.858 e. The molecule has 1 rings (SSSR count). The number of rotatable bonds is 2. The first-order chi connectivity index (χ1) is 8.45. The summed E-state index contributed by atoms with van der Waals surface area (Å²) in [4.78, 5) is 0. The molecule has 0 aromatic heterocycles. The van der Waals surface area contributed by atoms with Crippen molar-refractivity contribution < 1.29 is 39.9 Å². The maximum absolute atomic E-state index is 12.7. The van der Waals surface area contributed by atoms with E-state index < -0.39 is 44.4 Å². The van der Waals surface area contributed by atoms with Crippen LogP contribution in [0, 0.1) is 17.5 Å². The molecule has 0 radical (unpaired) electrons. The summed E-state index contributed by atoms with van der Waals surface area (Å²) in [5.41, 5.74) is -7.01. The SMILES string of the molecule is O=S(=O)(/N=C(\[O-])c1cc(F)c(F)c(F)c1)C(F)(F)F. The number of nitrogens with zero attached hydrogens (tertiary/aromatic N) is 1. The molecule has 4 nitrogen and oxygen atoms in total. The third-order valence-corrected chi connectivity index (χ3v) is 2.72. The Balaban J connectivity index is 3.33. The average Bonchev–Trinajstić information content (AvgIpc) is 2.22. The molecule has 0 bridgehead atoms. The second-order valence-electron chi connectivity index (χ2n) is 3.07. The van der Waals surface area contributed by atoms with Crippen LogP contribution in [0.2, 0.25) is 0 Å². The Morgan fingerprint density at radius 1 is 1.11 bits per heavy atom. The Labute approximate surface area is 102 Å². The summed E-state index contributed by atoms with van der Waals surface area (Å²) in [5, 5.41) is 11.0. The van der Waals surface area contributed by atoms with Crippen LogP contribution in [-0.2, 0) is 10.0 Å². The van der Waals surface area contributed by atoms with Gasteiger partial charge in [-0.3, -0.25) is 0 Å². The predicted molar refractivity (Wildman–Crippen MR) is 47.8 cm³/mol. The molecular formula is C8H2F6NO3S-. The van der Waals surface area contributed by atoms with Crippen LogP contribution in [0.25, 0.3) is 0 Å². The van der Waals surface area contributed by atoms with Crippen LogP contribution in [-0.4, -0.2) is 19.8 Å². The molecule has 0 amide bonds. The van der Waals surface area contributed by atoms with Gasteiger partial charge in [0.1, 0.15) is 0 Å². The zero-order valence-corrected chi connectivity index (χ0v) is 9.32. The van der Waals surface area contributed by atoms with E-state index in [2.05, 4.69) is 0 Å². The van der Waals surface area contributed by atoms with E-state index in [1.165, 1.54) is 0 Å². The third-order valence-electron chi connectivity index (χ3n) is 1.73. The van der Waals surface area contributed by atoms with Crippen molar-refractivity contribution in [3.63, 3.8) is 0 Å². The molecule has 11 heteroatoms. The van der Waals surface area contributed by atoms with Gasteiger partial charge in [0.15, 0.2) is 17.5 Å². The lowest BCUT2D eigenvalue weighted by atomic mass is 10.2. The summed E-state index contributed by atoms with van der Waals surface area (Å²) in [7, 11) is -6.14. The predicted octanol–water partition coefficient (Wildman–Crippen LogP) is 1.06. The monoisotopic (exact) mass is 306 g/mol. The van der Waals surface area contributed by atoms with E-state index in [0.29, 0.717) is 0 Å². The van der Waals surface area contributed by atoms with E-state index in [9.17, 15) is 39.9 Å². The highest BCUT2D eigenvalue weighted by Gasteiger charge is 2.45. The molecule has 0 N–H and O–H groups in total. The molecule has 0 aliphatic carbocycles. The molecule has 0 fully saturated rings. The third kappa shape index (κ3) is 3.16. The van der Waals surface area contributed by atoms with Gasteiger partial charge >= 0.3 is 15.5 Å². The van der Waals surface area contributed by atoms with Gasteiger partial charge in [-0.2, -0.15) is 26.0 Å². The van der Waals surface area contributed by atoms with Gasteiger partial charge in [-0.15, -0.1) is 0 Å². The smallest absolute Gasteiger partial charge is 0.518 e. The van der Waals surface area contributed by atoms with Gasteiger partial charge in [0, 0.05) is 5.90 Å². The van der Waals surface area contributed by atoms with Crippen LogP contribution in [0.3, 0.4) is 0 Å². The van der Waals surface area contributed by atoms with Crippen LogP contribution in [0.4, 0.5) is 26.3 Å². The molecular weight excluding hydrogens is 304 g/mol. The number of sulfonamides is 1. The summed E-state index contributed by atoms with van der Waals surface area (Å²) >= 11 is 0. The van der Waals surface area contributed by atoms with Gasteiger partial charge in [0.25, 0.3) is 0 Å². The molecule has 0 aliphatic rings. The van der Waals surface area contributed by atoms with Crippen molar-refractivity contribution in [2.75, 3.05) is 0 Å². The zero-order chi connectivity index (χ0) is 15.0. The minimum atomic E-state index is -6.14. The molecule has 0 saturated heterocycles. The van der Waals surface area contributed by atoms with Crippen molar-refractivity contribution in [1.29, 1.82) is 0 Å². The highest BCUT2D eigenvalue weighted by atomic mass is 32.2. The fourth-order valence-electron chi connectivity index (χ4n) is 0.893. The van der Waals surface area contributed by atoms with E-state index >= 15 is 0 Å². The van der Waals surface area contributed by atoms with Crippen molar-refractivity contribution in [1.82, 2.24) is 0 Å². The molecule has 0 saturated carbocycles. The highest BCUT2D eigenvalue weighted by molar-refractivity contribution is 7.91. The molecule has 0 spiro atoms. The number of halogens is 6. The Bertz CT molecular complexity index is 613. The van der Waals surface area contributed by atoms with Gasteiger partial charge < -0.3 is 5.11 Å². The molecule has 0 aliphatic heterocycles.